The quantitative estimate of drug-likeness (QED) is 0.884. The molecule has 1 saturated heterocycles. The molecule has 5 heteroatoms. The van der Waals surface area contributed by atoms with Crippen LogP contribution in [0.2, 0.25) is 0 Å². The number of amides is 1. The molecule has 0 saturated carbocycles. The molecule has 1 aromatic rings. The Balaban J connectivity index is 2.34. The summed E-state index contributed by atoms with van der Waals surface area (Å²) in [4.78, 5) is 14.4. The van der Waals surface area contributed by atoms with Crippen LogP contribution < -0.4 is 15.5 Å². The van der Waals surface area contributed by atoms with Crippen LogP contribution in [0.1, 0.15) is 24.8 Å². The maximum atomic E-state index is 12.1. The van der Waals surface area contributed by atoms with E-state index in [0.29, 0.717) is 0 Å². The van der Waals surface area contributed by atoms with Crippen LogP contribution in [0.15, 0.2) is 22.7 Å². The fourth-order valence-electron chi connectivity index (χ4n) is 2.83. The molecule has 0 aromatic heterocycles. The zero-order valence-corrected chi connectivity index (χ0v) is 13.7. The van der Waals surface area contributed by atoms with Crippen molar-refractivity contribution in [1.82, 2.24) is 10.6 Å². The summed E-state index contributed by atoms with van der Waals surface area (Å²) in [6, 6.07) is 6.23. The second-order valence-electron chi connectivity index (χ2n) is 5.12. The average molecular weight is 340 g/mol. The number of carbonyl (C=O) groups is 1. The zero-order valence-electron chi connectivity index (χ0n) is 12.1. The summed E-state index contributed by atoms with van der Waals surface area (Å²) in [6.07, 6.45) is 3.18. The maximum Gasteiger partial charge on any atom is 0.242 e. The first kappa shape index (κ1) is 15.3. The summed E-state index contributed by atoms with van der Waals surface area (Å²) in [5.74, 6) is 0.114. The second-order valence-corrected chi connectivity index (χ2v) is 6.04. The first-order valence-electron chi connectivity index (χ1n) is 7.08. The molecule has 1 aliphatic heterocycles. The van der Waals surface area contributed by atoms with E-state index >= 15 is 0 Å². The molecule has 0 aliphatic carbocycles. The molecule has 2 rings (SSSR count). The molecule has 2 N–H and O–H groups in total. The number of anilines is 1. The highest BCUT2D eigenvalue weighted by atomic mass is 79.9. The number of benzene rings is 1. The van der Waals surface area contributed by atoms with Gasteiger partial charge in [-0.1, -0.05) is 15.9 Å². The van der Waals surface area contributed by atoms with Crippen LogP contribution in [0.4, 0.5) is 5.69 Å². The monoisotopic (exact) mass is 339 g/mol. The van der Waals surface area contributed by atoms with Crippen molar-refractivity contribution in [2.75, 3.05) is 25.5 Å². The minimum absolute atomic E-state index is 0.0504. The van der Waals surface area contributed by atoms with Crippen molar-refractivity contribution < 1.29 is 4.79 Å². The van der Waals surface area contributed by atoms with E-state index in [0.717, 1.165) is 42.5 Å². The Bertz CT molecular complexity index is 478. The van der Waals surface area contributed by atoms with E-state index in [4.69, 9.17) is 0 Å². The normalized spacial score (nSPS) is 18.9. The standard InChI is InChI=1S/C15H22BrN3O/c1-17-10-11-9-12(16)6-7-13(11)19-8-4-3-5-14(19)15(20)18-2/h6-7,9,14,17H,3-5,8,10H2,1-2H3,(H,18,20). The van der Waals surface area contributed by atoms with Crippen molar-refractivity contribution in [1.29, 1.82) is 0 Å². The third kappa shape index (κ3) is 3.33. The van der Waals surface area contributed by atoms with Gasteiger partial charge in [-0.05, 0) is 50.1 Å². The molecule has 1 fully saturated rings. The van der Waals surface area contributed by atoms with Crippen LogP contribution in [0.3, 0.4) is 0 Å². The fourth-order valence-corrected chi connectivity index (χ4v) is 3.23. The molecule has 1 aliphatic rings. The van der Waals surface area contributed by atoms with Crippen LogP contribution in [0.5, 0.6) is 0 Å². The predicted octanol–water partition coefficient (Wildman–Crippen LogP) is 2.27. The van der Waals surface area contributed by atoms with Gasteiger partial charge in [0.2, 0.25) is 5.91 Å². The third-order valence-corrected chi connectivity index (χ3v) is 4.26. The summed E-state index contributed by atoms with van der Waals surface area (Å²) in [7, 11) is 3.66. The molecule has 4 nitrogen and oxygen atoms in total. The molecule has 0 bridgehead atoms. The minimum atomic E-state index is -0.0504. The largest absolute Gasteiger partial charge is 0.359 e. The van der Waals surface area contributed by atoms with Crippen LogP contribution in [-0.2, 0) is 11.3 Å². The SMILES string of the molecule is CNCc1cc(Br)ccc1N1CCCCC1C(=O)NC. The molecule has 1 aromatic carbocycles. The van der Waals surface area contributed by atoms with Gasteiger partial charge in [-0.3, -0.25) is 4.79 Å². The molecule has 20 heavy (non-hydrogen) atoms. The number of halogens is 1. The Morgan fingerprint density at radius 1 is 1.40 bits per heavy atom. The van der Waals surface area contributed by atoms with Gasteiger partial charge >= 0.3 is 0 Å². The van der Waals surface area contributed by atoms with Crippen molar-refractivity contribution >= 4 is 27.5 Å². The Morgan fingerprint density at radius 3 is 2.90 bits per heavy atom. The number of likely N-dealkylation sites (N-methyl/N-ethyl adjacent to an activating group) is 1. The molecule has 1 amide bonds. The Labute approximate surface area is 129 Å². The van der Waals surface area contributed by atoms with Gasteiger partial charge in [-0.25, -0.2) is 0 Å². The van der Waals surface area contributed by atoms with E-state index in [2.05, 4.69) is 43.6 Å². The van der Waals surface area contributed by atoms with E-state index in [1.54, 1.807) is 7.05 Å². The maximum absolute atomic E-state index is 12.1. The fraction of sp³-hybridized carbons (Fsp3) is 0.533. The molecule has 1 heterocycles. The predicted molar refractivity (Wildman–Crippen MR) is 86.0 cm³/mol. The first-order chi connectivity index (χ1) is 9.67. The molecular formula is C15H22BrN3O. The van der Waals surface area contributed by atoms with Gasteiger partial charge in [0.1, 0.15) is 6.04 Å². The van der Waals surface area contributed by atoms with Gasteiger partial charge in [0.25, 0.3) is 0 Å². The number of nitrogens with one attached hydrogen (secondary N) is 2. The number of nitrogens with zero attached hydrogens (tertiary/aromatic N) is 1. The van der Waals surface area contributed by atoms with E-state index in [1.165, 1.54) is 5.56 Å². The number of piperidine rings is 1. The Hall–Kier alpha value is -1.07. The smallest absolute Gasteiger partial charge is 0.242 e. The average Bonchev–Trinajstić information content (AvgIpc) is 2.47. The van der Waals surface area contributed by atoms with Crippen molar-refractivity contribution in [3.05, 3.63) is 28.2 Å². The lowest BCUT2D eigenvalue weighted by Gasteiger charge is -2.37. The lowest BCUT2D eigenvalue weighted by atomic mass is 9.99. The molecule has 0 radical (unpaired) electrons. The highest BCUT2D eigenvalue weighted by molar-refractivity contribution is 9.10. The summed E-state index contributed by atoms with van der Waals surface area (Å²) < 4.78 is 1.07. The highest BCUT2D eigenvalue weighted by Gasteiger charge is 2.29. The number of hydrogen-bond acceptors (Lipinski definition) is 3. The van der Waals surface area contributed by atoms with Gasteiger partial charge in [-0.15, -0.1) is 0 Å². The highest BCUT2D eigenvalue weighted by Crippen LogP contribution is 2.30. The van der Waals surface area contributed by atoms with E-state index < -0.39 is 0 Å². The number of carbonyl (C=O) groups excluding carboxylic acids is 1. The van der Waals surface area contributed by atoms with Crippen molar-refractivity contribution in [3.63, 3.8) is 0 Å². The number of hydrogen-bond donors (Lipinski definition) is 2. The lowest BCUT2D eigenvalue weighted by molar-refractivity contribution is -0.122. The lowest BCUT2D eigenvalue weighted by Crippen LogP contribution is -2.49. The molecule has 110 valence electrons. The van der Waals surface area contributed by atoms with E-state index in [9.17, 15) is 4.79 Å². The Kier molecular flexibility index (Phi) is 5.43. The Morgan fingerprint density at radius 2 is 2.20 bits per heavy atom. The van der Waals surface area contributed by atoms with Crippen LogP contribution in [0.25, 0.3) is 0 Å². The van der Waals surface area contributed by atoms with Gasteiger partial charge in [0.15, 0.2) is 0 Å². The summed E-state index contributed by atoms with van der Waals surface area (Å²) in [5.41, 5.74) is 2.38. The summed E-state index contributed by atoms with van der Waals surface area (Å²) in [6.45, 7) is 1.74. The van der Waals surface area contributed by atoms with Crippen molar-refractivity contribution in [3.8, 4) is 0 Å². The third-order valence-electron chi connectivity index (χ3n) is 3.77. The molecule has 1 unspecified atom stereocenters. The molecule has 1 atom stereocenters. The summed E-state index contributed by atoms with van der Waals surface area (Å²) in [5, 5.41) is 5.99. The molecule has 0 spiro atoms. The minimum Gasteiger partial charge on any atom is -0.359 e. The van der Waals surface area contributed by atoms with Crippen LogP contribution >= 0.6 is 15.9 Å². The topological polar surface area (TPSA) is 44.4 Å². The van der Waals surface area contributed by atoms with Crippen molar-refractivity contribution in [2.24, 2.45) is 0 Å². The van der Waals surface area contributed by atoms with Crippen LogP contribution in [0, 0.1) is 0 Å². The first-order valence-corrected chi connectivity index (χ1v) is 7.88. The van der Waals surface area contributed by atoms with Crippen LogP contribution in [-0.4, -0.2) is 32.6 Å². The summed E-state index contributed by atoms with van der Waals surface area (Å²) >= 11 is 3.52. The second kappa shape index (κ2) is 7.09. The van der Waals surface area contributed by atoms with Gasteiger partial charge < -0.3 is 15.5 Å². The zero-order chi connectivity index (χ0) is 14.5. The van der Waals surface area contributed by atoms with Gasteiger partial charge in [0, 0.05) is 30.3 Å². The van der Waals surface area contributed by atoms with Gasteiger partial charge in [-0.2, -0.15) is 0 Å². The van der Waals surface area contributed by atoms with E-state index in [1.807, 2.05) is 13.1 Å². The van der Waals surface area contributed by atoms with Gasteiger partial charge in [0.05, 0.1) is 0 Å². The van der Waals surface area contributed by atoms with E-state index in [-0.39, 0.29) is 11.9 Å². The van der Waals surface area contributed by atoms with Crippen molar-refractivity contribution in [2.45, 2.75) is 31.8 Å². The molecular weight excluding hydrogens is 318 g/mol. The number of rotatable bonds is 4.